The molecule has 1 atom stereocenters. The topological polar surface area (TPSA) is 64.1 Å². The molecule has 0 spiro atoms. The standard InChI is InChI=1S/C16H16FN3O/c1-10(8-11-4-3-7-21-11)20-16-13(17)9-14(18)12-5-2-6-19-15(12)16/h2-7,9-10,20H,8,18H2,1H3. The first kappa shape index (κ1) is 13.4. The molecule has 3 rings (SSSR count). The highest BCUT2D eigenvalue weighted by molar-refractivity contribution is 5.98. The van der Waals surface area contributed by atoms with Gasteiger partial charge >= 0.3 is 0 Å². The Morgan fingerprint density at radius 2 is 2.24 bits per heavy atom. The van der Waals surface area contributed by atoms with E-state index < -0.39 is 5.82 Å². The van der Waals surface area contributed by atoms with E-state index in [9.17, 15) is 4.39 Å². The number of pyridine rings is 1. The van der Waals surface area contributed by atoms with Crippen molar-refractivity contribution in [2.75, 3.05) is 11.1 Å². The highest BCUT2D eigenvalue weighted by atomic mass is 19.1. The van der Waals surface area contributed by atoms with Gasteiger partial charge in [-0.2, -0.15) is 0 Å². The van der Waals surface area contributed by atoms with E-state index in [2.05, 4.69) is 10.3 Å². The fourth-order valence-corrected chi connectivity index (χ4v) is 2.40. The quantitative estimate of drug-likeness (QED) is 0.719. The molecule has 0 aliphatic carbocycles. The van der Waals surface area contributed by atoms with Crippen molar-refractivity contribution in [2.45, 2.75) is 19.4 Å². The molecule has 3 N–H and O–H groups in total. The molecule has 2 aromatic heterocycles. The van der Waals surface area contributed by atoms with E-state index in [0.717, 1.165) is 11.1 Å². The van der Waals surface area contributed by atoms with E-state index in [1.165, 1.54) is 6.07 Å². The molecule has 0 saturated heterocycles. The van der Waals surface area contributed by atoms with Crippen LogP contribution in [-0.4, -0.2) is 11.0 Å². The summed E-state index contributed by atoms with van der Waals surface area (Å²) in [5.41, 5.74) is 7.15. The highest BCUT2D eigenvalue weighted by Gasteiger charge is 2.14. The van der Waals surface area contributed by atoms with Gasteiger partial charge in [-0.1, -0.05) is 0 Å². The number of nitrogens with zero attached hydrogens (tertiary/aromatic N) is 1. The number of nitrogens with two attached hydrogens (primary N) is 1. The summed E-state index contributed by atoms with van der Waals surface area (Å²) in [4.78, 5) is 4.25. The minimum Gasteiger partial charge on any atom is -0.469 e. The van der Waals surface area contributed by atoms with Gasteiger partial charge in [0.2, 0.25) is 0 Å². The van der Waals surface area contributed by atoms with E-state index in [-0.39, 0.29) is 6.04 Å². The molecule has 0 amide bonds. The van der Waals surface area contributed by atoms with Crippen molar-refractivity contribution < 1.29 is 8.81 Å². The smallest absolute Gasteiger partial charge is 0.150 e. The van der Waals surface area contributed by atoms with Crippen LogP contribution in [0.1, 0.15) is 12.7 Å². The number of hydrogen-bond donors (Lipinski definition) is 2. The normalized spacial score (nSPS) is 12.5. The zero-order chi connectivity index (χ0) is 14.8. The number of benzene rings is 1. The van der Waals surface area contributed by atoms with Crippen LogP contribution in [0.15, 0.2) is 47.2 Å². The molecular formula is C16H16FN3O. The summed E-state index contributed by atoms with van der Waals surface area (Å²) < 4.78 is 19.5. The van der Waals surface area contributed by atoms with Gasteiger partial charge in [-0.05, 0) is 37.3 Å². The van der Waals surface area contributed by atoms with Gasteiger partial charge in [0.05, 0.1) is 17.5 Å². The summed E-state index contributed by atoms with van der Waals surface area (Å²) in [6.45, 7) is 1.97. The first-order valence-corrected chi connectivity index (χ1v) is 6.77. The second-order valence-corrected chi connectivity index (χ2v) is 5.05. The van der Waals surface area contributed by atoms with Crippen LogP contribution in [0.3, 0.4) is 0 Å². The van der Waals surface area contributed by atoms with Gasteiger partial charge in [0.25, 0.3) is 0 Å². The van der Waals surface area contributed by atoms with E-state index in [4.69, 9.17) is 10.2 Å². The molecule has 0 aliphatic rings. The van der Waals surface area contributed by atoms with Crippen molar-refractivity contribution in [3.63, 3.8) is 0 Å². The Balaban J connectivity index is 1.93. The van der Waals surface area contributed by atoms with Crippen molar-refractivity contribution in [2.24, 2.45) is 0 Å². The zero-order valence-electron chi connectivity index (χ0n) is 11.6. The number of nitrogens with one attached hydrogen (secondary N) is 1. The van der Waals surface area contributed by atoms with Crippen LogP contribution in [0.25, 0.3) is 10.9 Å². The molecule has 0 saturated carbocycles. The van der Waals surface area contributed by atoms with Crippen LogP contribution in [0.5, 0.6) is 0 Å². The molecule has 21 heavy (non-hydrogen) atoms. The molecular weight excluding hydrogens is 269 g/mol. The third kappa shape index (κ3) is 2.67. The lowest BCUT2D eigenvalue weighted by molar-refractivity contribution is 0.497. The number of fused-ring (bicyclic) bond motifs is 1. The third-order valence-corrected chi connectivity index (χ3v) is 3.35. The molecule has 1 aromatic carbocycles. The van der Waals surface area contributed by atoms with Gasteiger partial charge in [-0.15, -0.1) is 0 Å². The summed E-state index contributed by atoms with van der Waals surface area (Å²) in [6.07, 6.45) is 3.91. The Morgan fingerprint density at radius 1 is 1.38 bits per heavy atom. The average molecular weight is 285 g/mol. The summed E-state index contributed by atoms with van der Waals surface area (Å²) in [6, 6.07) is 8.67. The maximum absolute atomic E-state index is 14.2. The fourth-order valence-electron chi connectivity index (χ4n) is 2.40. The molecule has 0 aliphatic heterocycles. The van der Waals surface area contributed by atoms with Crippen LogP contribution in [0.2, 0.25) is 0 Å². The van der Waals surface area contributed by atoms with Gasteiger partial charge in [-0.3, -0.25) is 4.98 Å². The van der Waals surface area contributed by atoms with Gasteiger partial charge in [0.15, 0.2) is 5.82 Å². The first-order chi connectivity index (χ1) is 10.1. The maximum atomic E-state index is 14.2. The van der Waals surface area contributed by atoms with Gasteiger partial charge in [0, 0.05) is 29.7 Å². The monoisotopic (exact) mass is 285 g/mol. The Labute approximate surface area is 121 Å². The van der Waals surface area contributed by atoms with Crippen molar-refractivity contribution >= 4 is 22.3 Å². The van der Waals surface area contributed by atoms with Crippen LogP contribution in [-0.2, 0) is 6.42 Å². The molecule has 108 valence electrons. The number of halogens is 1. The second kappa shape index (κ2) is 5.44. The van der Waals surface area contributed by atoms with Gasteiger partial charge < -0.3 is 15.5 Å². The molecule has 4 nitrogen and oxygen atoms in total. The number of rotatable bonds is 4. The minimum atomic E-state index is -0.398. The predicted molar refractivity (Wildman–Crippen MR) is 81.6 cm³/mol. The number of hydrogen-bond acceptors (Lipinski definition) is 4. The number of anilines is 2. The van der Waals surface area contributed by atoms with Crippen LogP contribution in [0, 0.1) is 5.82 Å². The maximum Gasteiger partial charge on any atom is 0.150 e. The fraction of sp³-hybridized carbons (Fsp3) is 0.188. The van der Waals surface area contributed by atoms with E-state index in [0.29, 0.717) is 23.3 Å². The summed E-state index contributed by atoms with van der Waals surface area (Å²) in [5.74, 6) is 0.452. The van der Waals surface area contributed by atoms with Gasteiger partial charge in [-0.25, -0.2) is 4.39 Å². The molecule has 0 fully saturated rings. The Bertz CT molecular complexity index is 756. The molecule has 2 heterocycles. The first-order valence-electron chi connectivity index (χ1n) is 6.77. The van der Waals surface area contributed by atoms with Crippen molar-refractivity contribution in [3.8, 4) is 0 Å². The van der Waals surface area contributed by atoms with E-state index in [1.807, 2.05) is 25.1 Å². The van der Waals surface area contributed by atoms with Crippen molar-refractivity contribution in [1.29, 1.82) is 0 Å². The Hall–Kier alpha value is -2.56. The van der Waals surface area contributed by atoms with E-state index >= 15 is 0 Å². The van der Waals surface area contributed by atoms with Gasteiger partial charge in [0.1, 0.15) is 5.76 Å². The molecule has 5 heteroatoms. The van der Waals surface area contributed by atoms with Crippen LogP contribution >= 0.6 is 0 Å². The zero-order valence-corrected chi connectivity index (χ0v) is 11.6. The lowest BCUT2D eigenvalue weighted by Gasteiger charge is -2.17. The van der Waals surface area contributed by atoms with Crippen molar-refractivity contribution in [1.82, 2.24) is 4.98 Å². The molecule has 1 unspecified atom stereocenters. The molecule has 3 aromatic rings. The lowest BCUT2D eigenvalue weighted by Crippen LogP contribution is -2.19. The van der Waals surface area contributed by atoms with Crippen LogP contribution < -0.4 is 11.1 Å². The SMILES string of the molecule is CC(Cc1ccco1)Nc1c(F)cc(N)c2cccnc12. The average Bonchev–Trinajstić information content (AvgIpc) is 2.96. The Morgan fingerprint density at radius 3 is 3.00 bits per heavy atom. The minimum absolute atomic E-state index is 0.000481. The summed E-state index contributed by atoms with van der Waals surface area (Å²) in [7, 11) is 0. The lowest BCUT2D eigenvalue weighted by atomic mass is 10.1. The Kier molecular flexibility index (Phi) is 3.48. The third-order valence-electron chi connectivity index (χ3n) is 3.35. The largest absolute Gasteiger partial charge is 0.469 e. The van der Waals surface area contributed by atoms with Crippen LogP contribution in [0.4, 0.5) is 15.8 Å². The molecule has 0 bridgehead atoms. The number of aromatic nitrogens is 1. The number of nitrogen functional groups attached to an aromatic ring is 1. The van der Waals surface area contributed by atoms with Crippen molar-refractivity contribution in [3.05, 3.63) is 54.4 Å². The highest BCUT2D eigenvalue weighted by Crippen LogP contribution is 2.30. The molecule has 0 radical (unpaired) electrons. The summed E-state index contributed by atoms with van der Waals surface area (Å²) in [5, 5.41) is 3.91. The summed E-state index contributed by atoms with van der Waals surface area (Å²) >= 11 is 0. The van der Waals surface area contributed by atoms with E-state index in [1.54, 1.807) is 18.5 Å². The number of furan rings is 1. The second-order valence-electron chi connectivity index (χ2n) is 5.05. The predicted octanol–water partition coefficient (Wildman–Crippen LogP) is 3.59.